The lowest BCUT2D eigenvalue weighted by Gasteiger charge is -2.20. The van der Waals surface area contributed by atoms with E-state index in [2.05, 4.69) is 12.2 Å². The lowest BCUT2D eigenvalue weighted by molar-refractivity contribution is -0.121. The van der Waals surface area contributed by atoms with E-state index in [9.17, 15) is 4.79 Å². The van der Waals surface area contributed by atoms with E-state index < -0.39 is 0 Å². The number of rotatable bonds is 4. The molecule has 1 amide bonds. The molecule has 1 atom stereocenters. The molecule has 0 aromatic rings. The van der Waals surface area contributed by atoms with Gasteiger partial charge in [0.15, 0.2) is 0 Å². The molecule has 1 fully saturated rings. The van der Waals surface area contributed by atoms with Crippen LogP contribution in [0.4, 0.5) is 0 Å². The van der Waals surface area contributed by atoms with Crippen molar-refractivity contribution in [2.75, 3.05) is 6.54 Å². The Bertz CT molecular complexity index is 164. The lowest BCUT2D eigenvalue weighted by Crippen LogP contribution is -2.37. The molecule has 76 valence electrons. The highest BCUT2D eigenvalue weighted by atomic mass is 16.1. The van der Waals surface area contributed by atoms with Crippen molar-refractivity contribution in [3.05, 3.63) is 0 Å². The summed E-state index contributed by atoms with van der Waals surface area (Å²) >= 11 is 0. The topological polar surface area (TPSA) is 55.1 Å². The van der Waals surface area contributed by atoms with Crippen LogP contribution in [0, 0.1) is 5.92 Å². The van der Waals surface area contributed by atoms with Crippen LogP contribution in [0.5, 0.6) is 0 Å². The molecular formula is C10H20N2O. The normalized spacial score (nSPS) is 20.2. The minimum Gasteiger partial charge on any atom is -0.353 e. The van der Waals surface area contributed by atoms with Crippen LogP contribution in [0.1, 0.15) is 39.0 Å². The summed E-state index contributed by atoms with van der Waals surface area (Å²) in [6, 6.07) is 0.335. The molecule has 1 rings (SSSR count). The van der Waals surface area contributed by atoms with Crippen molar-refractivity contribution in [1.29, 1.82) is 0 Å². The standard InChI is InChI=1S/C10H20N2O/c1-8(9-4-2-3-5-9)12-10(13)6-7-11/h8-9H,2-7,11H2,1H3,(H,12,13)/t8-/m1/s1. The predicted molar refractivity (Wildman–Crippen MR) is 53.2 cm³/mol. The summed E-state index contributed by atoms with van der Waals surface area (Å²) in [6.07, 6.45) is 5.63. The van der Waals surface area contributed by atoms with Gasteiger partial charge in [-0.15, -0.1) is 0 Å². The van der Waals surface area contributed by atoms with Crippen molar-refractivity contribution in [1.82, 2.24) is 5.32 Å². The Morgan fingerprint density at radius 2 is 2.15 bits per heavy atom. The van der Waals surface area contributed by atoms with Gasteiger partial charge in [0.1, 0.15) is 0 Å². The van der Waals surface area contributed by atoms with Gasteiger partial charge in [-0.1, -0.05) is 12.8 Å². The zero-order valence-corrected chi connectivity index (χ0v) is 8.38. The van der Waals surface area contributed by atoms with E-state index in [-0.39, 0.29) is 5.91 Å². The van der Waals surface area contributed by atoms with Crippen LogP contribution >= 0.6 is 0 Å². The van der Waals surface area contributed by atoms with E-state index in [1.807, 2.05) is 0 Å². The molecule has 1 saturated carbocycles. The number of carbonyl (C=O) groups excluding carboxylic acids is 1. The largest absolute Gasteiger partial charge is 0.353 e. The second-order valence-corrected chi connectivity index (χ2v) is 3.94. The zero-order chi connectivity index (χ0) is 9.68. The minimum atomic E-state index is 0.0990. The molecule has 3 N–H and O–H groups in total. The first kappa shape index (κ1) is 10.5. The number of nitrogens with two attached hydrogens (primary N) is 1. The molecule has 0 bridgehead atoms. The van der Waals surface area contributed by atoms with Gasteiger partial charge in [-0.3, -0.25) is 4.79 Å². The molecular weight excluding hydrogens is 164 g/mol. The summed E-state index contributed by atoms with van der Waals surface area (Å²) in [6.45, 7) is 2.55. The van der Waals surface area contributed by atoms with Crippen LogP contribution in [0.2, 0.25) is 0 Å². The van der Waals surface area contributed by atoms with Gasteiger partial charge in [0, 0.05) is 19.0 Å². The molecule has 0 aromatic carbocycles. The zero-order valence-electron chi connectivity index (χ0n) is 8.38. The van der Waals surface area contributed by atoms with Crippen LogP contribution < -0.4 is 11.1 Å². The summed E-state index contributed by atoms with van der Waals surface area (Å²) in [5, 5.41) is 3.00. The second-order valence-electron chi connectivity index (χ2n) is 3.94. The van der Waals surface area contributed by atoms with Gasteiger partial charge in [-0.25, -0.2) is 0 Å². The van der Waals surface area contributed by atoms with E-state index in [0.717, 1.165) is 0 Å². The fourth-order valence-corrected chi connectivity index (χ4v) is 2.03. The molecule has 13 heavy (non-hydrogen) atoms. The van der Waals surface area contributed by atoms with Crippen molar-refractivity contribution in [2.24, 2.45) is 11.7 Å². The molecule has 0 unspecified atom stereocenters. The summed E-state index contributed by atoms with van der Waals surface area (Å²) in [4.78, 5) is 11.2. The van der Waals surface area contributed by atoms with Crippen LogP contribution in [-0.4, -0.2) is 18.5 Å². The Morgan fingerprint density at radius 3 is 2.69 bits per heavy atom. The molecule has 0 saturated heterocycles. The molecule has 0 radical (unpaired) electrons. The van der Waals surface area contributed by atoms with E-state index in [0.29, 0.717) is 24.9 Å². The molecule has 3 nitrogen and oxygen atoms in total. The smallest absolute Gasteiger partial charge is 0.221 e. The summed E-state index contributed by atoms with van der Waals surface area (Å²) in [5.74, 6) is 0.795. The van der Waals surface area contributed by atoms with Crippen LogP contribution in [0.3, 0.4) is 0 Å². The molecule has 3 heteroatoms. The van der Waals surface area contributed by atoms with Gasteiger partial charge >= 0.3 is 0 Å². The number of hydrogen-bond donors (Lipinski definition) is 2. The van der Waals surface area contributed by atoms with Crippen molar-refractivity contribution < 1.29 is 4.79 Å². The SMILES string of the molecule is C[C@@H](NC(=O)CCN)C1CCCC1. The third-order valence-electron chi connectivity index (χ3n) is 2.87. The average Bonchev–Trinajstić information content (AvgIpc) is 2.55. The van der Waals surface area contributed by atoms with Gasteiger partial charge in [0.05, 0.1) is 0 Å². The number of nitrogens with one attached hydrogen (secondary N) is 1. The molecule has 0 aromatic heterocycles. The Kier molecular flexibility index (Phi) is 4.22. The van der Waals surface area contributed by atoms with Crippen molar-refractivity contribution in [2.45, 2.75) is 45.1 Å². The van der Waals surface area contributed by atoms with Gasteiger partial charge < -0.3 is 11.1 Å². The molecule has 1 aliphatic rings. The van der Waals surface area contributed by atoms with Gasteiger partial charge in [0.25, 0.3) is 0 Å². The fourth-order valence-electron chi connectivity index (χ4n) is 2.03. The summed E-state index contributed by atoms with van der Waals surface area (Å²) in [7, 11) is 0. The maximum atomic E-state index is 11.2. The quantitative estimate of drug-likeness (QED) is 0.685. The first-order valence-electron chi connectivity index (χ1n) is 5.23. The Morgan fingerprint density at radius 1 is 1.54 bits per heavy atom. The molecule has 0 spiro atoms. The van der Waals surface area contributed by atoms with Gasteiger partial charge in [0.2, 0.25) is 5.91 Å². The highest BCUT2D eigenvalue weighted by molar-refractivity contribution is 5.76. The molecule has 1 aliphatic carbocycles. The molecule has 0 heterocycles. The highest BCUT2D eigenvalue weighted by Crippen LogP contribution is 2.27. The number of hydrogen-bond acceptors (Lipinski definition) is 2. The lowest BCUT2D eigenvalue weighted by atomic mass is 10.00. The maximum Gasteiger partial charge on any atom is 0.221 e. The average molecular weight is 184 g/mol. The van der Waals surface area contributed by atoms with Gasteiger partial charge in [-0.05, 0) is 25.7 Å². The summed E-state index contributed by atoms with van der Waals surface area (Å²) in [5.41, 5.74) is 5.30. The first-order chi connectivity index (χ1) is 6.24. The Balaban J connectivity index is 2.22. The Hall–Kier alpha value is -0.570. The Labute approximate surface area is 80.1 Å². The second kappa shape index (κ2) is 5.22. The maximum absolute atomic E-state index is 11.2. The van der Waals surface area contributed by atoms with Crippen molar-refractivity contribution in [3.63, 3.8) is 0 Å². The van der Waals surface area contributed by atoms with Crippen LogP contribution in [-0.2, 0) is 4.79 Å². The van der Waals surface area contributed by atoms with Crippen LogP contribution in [0.25, 0.3) is 0 Å². The summed E-state index contributed by atoms with van der Waals surface area (Å²) < 4.78 is 0. The van der Waals surface area contributed by atoms with Crippen LogP contribution in [0.15, 0.2) is 0 Å². The van der Waals surface area contributed by atoms with E-state index in [1.54, 1.807) is 0 Å². The first-order valence-corrected chi connectivity index (χ1v) is 5.23. The minimum absolute atomic E-state index is 0.0990. The number of amides is 1. The van der Waals surface area contributed by atoms with E-state index in [4.69, 9.17) is 5.73 Å². The fraction of sp³-hybridized carbons (Fsp3) is 0.900. The third-order valence-corrected chi connectivity index (χ3v) is 2.87. The van der Waals surface area contributed by atoms with E-state index >= 15 is 0 Å². The molecule has 0 aliphatic heterocycles. The van der Waals surface area contributed by atoms with Crippen molar-refractivity contribution in [3.8, 4) is 0 Å². The van der Waals surface area contributed by atoms with E-state index in [1.165, 1.54) is 25.7 Å². The van der Waals surface area contributed by atoms with Gasteiger partial charge in [-0.2, -0.15) is 0 Å². The monoisotopic (exact) mass is 184 g/mol. The number of carbonyl (C=O) groups is 1. The van der Waals surface area contributed by atoms with Crippen molar-refractivity contribution >= 4 is 5.91 Å². The predicted octanol–water partition coefficient (Wildman–Crippen LogP) is 1.03. The third kappa shape index (κ3) is 3.35. The highest BCUT2D eigenvalue weighted by Gasteiger charge is 2.22.